The molecule has 0 fully saturated rings. The first-order valence-electron chi connectivity index (χ1n) is 7.78. The number of nitrogens with zero attached hydrogens (tertiary/aromatic N) is 2. The SMILES string of the molecule is CCCn1nccc1C(NCC)c1ccc2c(c1)COC2. The van der Waals surface area contributed by atoms with Crippen LogP contribution in [-0.2, 0) is 24.5 Å². The summed E-state index contributed by atoms with van der Waals surface area (Å²) in [5.74, 6) is 0. The van der Waals surface area contributed by atoms with Gasteiger partial charge in [-0.2, -0.15) is 5.10 Å². The molecule has 1 atom stereocenters. The monoisotopic (exact) mass is 285 g/mol. The van der Waals surface area contributed by atoms with Crippen LogP contribution in [0.2, 0.25) is 0 Å². The van der Waals surface area contributed by atoms with Gasteiger partial charge in [-0.05, 0) is 35.7 Å². The summed E-state index contributed by atoms with van der Waals surface area (Å²) in [6, 6.07) is 8.99. The summed E-state index contributed by atoms with van der Waals surface area (Å²) >= 11 is 0. The van der Waals surface area contributed by atoms with Crippen LogP contribution >= 0.6 is 0 Å². The first-order chi connectivity index (χ1) is 10.3. The molecule has 2 heterocycles. The zero-order valence-electron chi connectivity index (χ0n) is 12.8. The van der Waals surface area contributed by atoms with Gasteiger partial charge in [-0.15, -0.1) is 0 Å². The van der Waals surface area contributed by atoms with E-state index in [4.69, 9.17) is 4.74 Å². The molecule has 3 rings (SSSR count). The molecule has 0 radical (unpaired) electrons. The highest BCUT2D eigenvalue weighted by atomic mass is 16.5. The second-order valence-electron chi connectivity index (χ2n) is 5.49. The first kappa shape index (κ1) is 14.3. The highest BCUT2D eigenvalue weighted by Crippen LogP contribution is 2.27. The van der Waals surface area contributed by atoms with E-state index in [1.165, 1.54) is 22.4 Å². The summed E-state index contributed by atoms with van der Waals surface area (Å²) in [5, 5.41) is 8.05. The van der Waals surface area contributed by atoms with Gasteiger partial charge in [0.1, 0.15) is 0 Å². The molecule has 0 spiro atoms. The fourth-order valence-corrected chi connectivity index (χ4v) is 2.96. The quantitative estimate of drug-likeness (QED) is 0.886. The van der Waals surface area contributed by atoms with Crippen molar-refractivity contribution in [2.75, 3.05) is 6.54 Å². The van der Waals surface area contributed by atoms with Crippen molar-refractivity contribution in [3.63, 3.8) is 0 Å². The van der Waals surface area contributed by atoms with Gasteiger partial charge in [0.05, 0.1) is 24.9 Å². The lowest BCUT2D eigenvalue weighted by molar-refractivity contribution is 0.134. The Kier molecular flexibility index (Phi) is 4.36. The lowest BCUT2D eigenvalue weighted by atomic mass is 9.99. The number of rotatable bonds is 6. The smallest absolute Gasteiger partial charge is 0.0748 e. The normalized spacial score (nSPS) is 15.1. The van der Waals surface area contributed by atoms with E-state index in [-0.39, 0.29) is 6.04 Å². The summed E-state index contributed by atoms with van der Waals surface area (Å²) in [7, 11) is 0. The molecular weight excluding hydrogens is 262 g/mol. The van der Waals surface area contributed by atoms with Gasteiger partial charge < -0.3 is 10.1 Å². The Labute approximate surface area is 126 Å². The van der Waals surface area contributed by atoms with E-state index in [2.05, 4.69) is 53.2 Å². The van der Waals surface area contributed by atoms with E-state index in [1.807, 2.05) is 6.20 Å². The van der Waals surface area contributed by atoms with Crippen LogP contribution in [0.3, 0.4) is 0 Å². The third-order valence-electron chi connectivity index (χ3n) is 3.97. The lowest BCUT2D eigenvalue weighted by Crippen LogP contribution is -2.25. The van der Waals surface area contributed by atoms with Crippen LogP contribution in [0.4, 0.5) is 0 Å². The fraction of sp³-hybridized carbons (Fsp3) is 0.471. The number of aryl methyl sites for hydroxylation is 1. The van der Waals surface area contributed by atoms with Crippen molar-refractivity contribution in [3.05, 3.63) is 52.8 Å². The van der Waals surface area contributed by atoms with Crippen LogP contribution < -0.4 is 5.32 Å². The Morgan fingerprint density at radius 2 is 2.10 bits per heavy atom. The minimum absolute atomic E-state index is 0.190. The van der Waals surface area contributed by atoms with Crippen molar-refractivity contribution >= 4 is 0 Å². The Morgan fingerprint density at radius 3 is 2.90 bits per heavy atom. The molecule has 2 aromatic rings. The summed E-state index contributed by atoms with van der Waals surface area (Å²) in [6.07, 6.45) is 2.98. The van der Waals surface area contributed by atoms with E-state index in [0.717, 1.165) is 32.7 Å². The minimum atomic E-state index is 0.190. The van der Waals surface area contributed by atoms with Crippen molar-refractivity contribution in [2.24, 2.45) is 0 Å². The number of ether oxygens (including phenoxy) is 1. The Hall–Kier alpha value is -1.65. The van der Waals surface area contributed by atoms with Gasteiger partial charge in [-0.1, -0.05) is 32.0 Å². The standard InChI is InChI=1S/C17H23N3O/c1-3-9-20-16(7-8-19-20)17(18-4-2)13-5-6-14-11-21-12-15(14)10-13/h5-8,10,17-18H,3-4,9,11-12H2,1-2H3. The van der Waals surface area contributed by atoms with Gasteiger partial charge in [0.2, 0.25) is 0 Å². The highest BCUT2D eigenvalue weighted by molar-refractivity contribution is 5.37. The van der Waals surface area contributed by atoms with E-state index < -0.39 is 0 Å². The summed E-state index contributed by atoms with van der Waals surface area (Å²) in [6.45, 7) is 7.68. The van der Waals surface area contributed by atoms with Crippen molar-refractivity contribution in [1.82, 2.24) is 15.1 Å². The predicted octanol–water partition coefficient (Wildman–Crippen LogP) is 3.02. The Bertz CT molecular complexity index is 606. The lowest BCUT2D eigenvalue weighted by Gasteiger charge is -2.20. The van der Waals surface area contributed by atoms with Crippen LogP contribution in [0.25, 0.3) is 0 Å². The average molecular weight is 285 g/mol. The molecule has 1 aromatic heterocycles. The van der Waals surface area contributed by atoms with Gasteiger partial charge in [-0.25, -0.2) is 0 Å². The number of fused-ring (bicyclic) bond motifs is 1. The van der Waals surface area contributed by atoms with Gasteiger partial charge in [0.15, 0.2) is 0 Å². The van der Waals surface area contributed by atoms with Gasteiger partial charge in [-0.3, -0.25) is 4.68 Å². The molecule has 0 saturated heterocycles. The molecule has 0 amide bonds. The van der Waals surface area contributed by atoms with Crippen LogP contribution in [-0.4, -0.2) is 16.3 Å². The third-order valence-corrected chi connectivity index (χ3v) is 3.97. The Morgan fingerprint density at radius 1 is 1.24 bits per heavy atom. The minimum Gasteiger partial charge on any atom is -0.372 e. The molecule has 1 aliphatic rings. The number of nitrogens with one attached hydrogen (secondary N) is 1. The predicted molar refractivity (Wildman–Crippen MR) is 83.0 cm³/mol. The molecule has 112 valence electrons. The zero-order chi connectivity index (χ0) is 14.7. The van der Waals surface area contributed by atoms with Crippen LogP contribution in [0.1, 0.15) is 48.7 Å². The Balaban J connectivity index is 1.95. The molecule has 4 nitrogen and oxygen atoms in total. The second-order valence-corrected chi connectivity index (χ2v) is 5.49. The maximum Gasteiger partial charge on any atom is 0.0748 e. The first-order valence-corrected chi connectivity index (χ1v) is 7.78. The molecule has 1 N–H and O–H groups in total. The maximum absolute atomic E-state index is 5.52. The van der Waals surface area contributed by atoms with Gasteiger partial charge in [0, 0.05) is 12.7 Å². The third kappa shape index (κ3) is 2.87. The van der Waals surface area contributed by atoms with Crippen molar-refractivity contribution in [1.29, 1.82) is 0 Å². The van der Waals surface area contributed by atoms with Crippen LogP contribution in [0.5, 0.6) is 0 Å². The van der Waals surface area contributed by atoms with Crippen molar-refractivity contribution in [3.8, 4) is 0 Å². The van der Waals surface area contributed by atoms with E-state index in [9.17, 15) is 0 Å². The van der Waals surface area contributed by atoms with Crippen LogP contribution in [0.15, 0.2) is 30.5 Å². The average Bonchev–Trinajstić information content (AvgIpc) is 3.13. The van der Waals surface area contributed by atoms with Gasteiger partial charge in [0.25, 0.3) is 0 Å². The summed E-state index contributed by atoms with van der Waals surface area (Å²) in [4.78, 5) is 0. The zero-order valence-corrected chi connectivity index (χ0v) is 12.8. The molecule has 4 heteroatoms. The molecule has 0 saturated carbocycles. The highest BCUT2D eigenvalue weighted by Gasteiger charge is 2.20. The molecule has 0 bridgehead atoms. The van der Waals surface area contributed by atoms with Crippen molar-refractivity contribution < 1.29 is 4.74 Å². The van der Waals surface area contributed by atoms with Gasteiger partial charge >= 0.3 is 0 Å². The molecule has 1 aromatic carbocycles. The summed E-state index contributed by atoms with van der Waals surface area (Å²) in [5.41, 5.74) is 5.16. The second kappa shape index (κ2) is 6.41. The number of benzene rings is 1. The molecule has 21 heavy (non-hydrogen) atoms. The molecule has 1 aliphatic heterocycles. The van der Waals surface area contributed by atoms with E-state index in [1.54, 1.807) is 0 Å². The van der Waals surface area contributed by atoms with Crippen LogP contribution in [0, 0.1) is 0 Å². The number of aromatic nitrogens is 2. The topological polar surface area (TPSA) is 39.1 Å². The van der Waals surface area contributed by atoms with Crippen molar-refractivity contribution in [2.45, 2.75) is 46.1 Å². The molecule has 1 unspecified atom stereocenters. The summed E-state index contributed by atoms with van der Waals surface area (Å²) < 4.78 is 7.63. The number of hydrogen-bond donors (Lipinski definition) is 1. The van der Waals surface area contributed by atoms with E-state index in [0.29, 0.717) is 0 Å². The number of hydrogen-bond acceptors (Lipinski definition) is 3. The largest absolute Gasteiger partial charge is 0.372 e. The van der Waals surface area contributed by atoms with E-state index >= 15 is 0 Å². The fourth-order valence-electron chi connectivity index (χ4n) is 2.96. The molecule has 0 aliphatic carbocycles. The maximum atomic E-state index is 5.52. The molecular formula is C17H23N3O.